The van der Waals surface area contributed by atoms with Crippen LogP contribution >= 0.6 is 11.6 Å². The third-order valence-corrected chi connectivity index (χ3v) is 4.50. The Balaban J connectivity index is 1.78. The summed E-state index contributed by atoms with van der Waals surface area (Å²) in [5, 5.41) is 5.44. The molecule has 0 unspecified atom stereocenters. The first-order chi connectivity index (χ1) is 11.1. The highest BCUT2D eigenvalue weighted by atomic mass is 35.5. The Morgan fingerprint density at radius 3 is 2.74 bits per heavy atom. The molecule has 0 radical (unpaired) electrons. The van der Waals surface area contributed by atoms with Gasteiger partial charge in [0, 0.05) is 34.6 Å². The molecule has 1 heterocycles. The van der Waals surface area contributed by atoms with E-state index in [0.717, 1.165) is 16.5 Å². The fourth-order valence-corrected chi connectivity index (χ4v) is 3.16. The topological polar surface area (TPSA) is 49.4 Å². The molecule has 1 aliphatic heterocycles. The van der Waals surface area contributed by atoms with Crippen molar-refractivity contribution < 1.29 is 9.59 Å². The number of halogens is 1. The highest BCUT2D eigenvalue weighted by Crippen LogP contribution is 2.29. The van der Waals surface area contributed by atoms with E-state index in [2.05, 4.69) is 11.9 Å². The number of hydrogen-bond acceptors (Lipinski definition) is 2. The van der Waals surface area contributed by atoms with E-state index in [1.807, 2.05) is 36.4 Å². The lowest BCUT2D eigenvalue weighted by molar-refractivity contribution is -0.125. The fraction of sp³-hybridized carbons (Fsp3) is 0.222. The van der Waals surface area contributed by atoms with Crippen molar-refractivity contribution in [2.45, 2.75) is 6.42 Å². The average molecular weight is 329 g/mol. The molecule has 5 heteroatoms. The summed E-state index contributed by atoms with van der Waals surface area (Å²) in [6.07, 6.45) is 1.95. The average Bonchev–Trinajstić information content (AvgIpc) is 3.05. The summed E-state index contributed by atoms with van der Waals surface area (Å²) in [7, 11) is 0. The maximum Gasteiger partial charge on any atom is 0.245 e. The Hall–Kier alpha value is -2.33. The van der Waals surface area contributed by atoms with Crippen molar-refractivity contribution in [3.8, 4) is 0 Å². The van der Waals surface area contributed by atoms with Gasteiger partial charge in [-0.05, 0) is 24.6 Å². The summed E-state index contributed by atoms with van der Waals surface area (Å²) in [6, 6.07) is 11.3. The van der Waals surface area contributed by atoms with Gasteiger partial charge in [0.25, 0.3) is 0 Å². The van der Waals surface area contributed by atoms with Gasteiger partial charge < -0.3 is 10.2 Å². The number of fused-ring (bicyclic) bond motifs is 1. The normalized spacial score (nSPS) is 17.3. The third kappa shape index (κ3) is 3.08. The van der Waals surface area contributed by atoms with E-state index >= 15 is 0 Å². The van der Waals surface area contributed by atoms with Crippen LogP contribution in [0.5, 0.6) is 0 Å². The van der Waals surface area contributed by atoms with Crippen LogP contribution in [0.15, 0.2) is 49.1 Å². The molecular weight excluding hydrogens is 312 g/mol. The first-order valence-electron chi connectivity index (χ1n) is 7.49. The molecule has 0 spiro atoms. The van der Waals surface area contributed by atoms with Gasteiger partial charge in [0.05, 0.1) is 5.92 Å². The van der Waals surface area contributed by atoms with Gasteiger partial charge >= 0.3 is 0 Å². The van der Waals surface area contributed by atoms with Crippen LogP contribution in [0.1, 0.15) is 6.42 Å². The van der Waals surface area contributed by atoms with Crippen molar-refractivity contribution in [1.29, 1.82) is 0 Å². The Kier molecular flexibility index (Phi) is 4.35. The zero-order valence-corrected chi connectivity index (χ0v) is 13.3. The number of nitrogens with one attached hydrogen (secondary N) is 1. The van der Waals surface area contributed by atoms with Crippen LogP contribution in [-0.2, 0) is 9.59 Å². The molecule has 0 aromatic heterocycles. The summed E-state index contributed by atoms with van der Waals surface area (Å²) in [6.45, 7) is 4.50. The van der Waals surface area contributed by atoms with Crippen molar-refractivity contribution in [3.63, 3.8) is 0 Å². The Labute approximate surface area is 139 Å². The molecule has 1 saturated heterocycles. The van der Waals surface area contributed by atoms with Gasteiger partial charge in [-0.3, -0.25) is 9.59 Å². The van der Waals surface area contributed by atoms with Crippen molar-refractivity contribution in [3.05, 3.63) is 54.1 Å². The van der Waals surface area contributed by atoms with Gasteiger partial charge in [0.2, 0.25) is 11.8 Å². The minimum Gasteiger partial charge on any atom is -0.338 e. The molecule has 0 bridgehead atoms. The maximum atomic E-state index is 12.5. The Morgan fingerprint density at radius 2 is 1.96 bits per heavy atom. The zero-order chi connectivity index (χ0) is 16.4. The zero-order valence-electron chi connectivity index (χ0n) is 12.6. The SMILES string of the molecule is C=CC(=O)N1CC[C@@H](C(=O)Nc2cccc3c(Cl)cccc23)C1. The standard InChI is InChI=1S/C18H17ClN2O2/c1-2-17(22)21-10-9-12(11-21)18(23)20-16-8-4-5-13-14(16)6-3-7-15(13)19/h2-8,12H,1,9-11H2,(H,20,23)/t12-/m1/s1. The number of anilines is 1. The van der Waals surface area contributed by atoms with E-state index in [1.54, 1.807) is 4.90 Å². The number of nitrogens with zero attached hydrogens (tertiary/aromatic N) is 1. The number of carbonyl (C=O) groups is 2. The van der Waals surface area contributed by atoms with E-state index in [1.165, 1.54) is 6.08 Å². The largest absolute Gasteiger partial charge is 0.338 e. The molecule has 4 nitrogen and oxygen atoms in total. The third-order valence-electron chi connectivity index (χ3n) is 4.17. The molecule has 0 saturated carbocycles. The van der Waals surface area contributed by atoms with E-state index < -0.39 is 0 Å². The summed E-state index contributed by atoms with van der Waals surface area (Å²) >= 11 is 6.20. The molecule has 2 aromatic carbocycles. The molecule has 3 rings (SSSR count). The number of rotatable bonds is 3. The van der Waals surface area contributed by atoms with E-state index in [-0.39, 0.29) is 17.7 Å². The van der Waals surface area contributed by atoms with Crippen molar-refractivity contribution in [1.82, 2.24) is 4.90 Å². The molecule has 1 aliphatic rings. The summed E-state index contributed by atoms with van der Waals surface area (Å²) in [5.41, 5.74) is 0.739. The predicted molar refractivity (Wildman–Crippen MR) is 92.5 cm³/mol. The lowest BCUT2D eigenvalue weighted by Crippen LogP contribution is -2.30. The molecule has 23 heavy (non-hydrogen) atoms. The highest BCUT2D eigenvalue weighted by molar-refractivity contribution is 6.36. The van der Waals surface area contributed by atoms with Gasteiger partial charge in [0.1, 0.15) is 0 Å². The fourth-order valence-electron chi connectivity index (χ4n) is 2.92. The first-order valence-corrected chi connectivity index (χ1v) is 7.87. The molecule has 0 aliphatic carbocycles. The number of amides is 2. The lowest BCUT2D eigenvalue weighted by Gasteiger charge is -2.15. The number of benzene rings is 2. The van der Waals surface area contributed by atoms with Crippen LogP contribution in [0.3, 0.4) is 0 Å². The second-order valence-electron chi connectivity index (χ2n) is 5.60. The van der Waals surface area contributed by atoms with Gasteiger partial charge in [0.15, 0.2) is 0 Å². The van der Waals surface area contributed by atoms with Gasteiger partial charge in [-0.1, -0.05) is 42.4 Å². The minimum absolute atomic E-state index is 0.0724. The predicted octanol–water partition coefficient (Wildman–Crippen LogP) is 3.47. The first kappa shape index (κ1) is 15.6. The molecule has 2 amide bonds. The van der Waals surface area contributed by atoms with Crippen LogP contribution in [0.2, 0.25) is 5.02 Å². The smallest absolute Gasteiger partial charge is 0.245 e. The van der Waals surface area contributed by atoms with Gasteiger partial charge in [-0.2, -0.15) is 0 Å². The molecule has 1 N–H and O–H groups in total. The molecular formula is C18H17ClN2O2. The summed E-state index contributed by atoms with van der Waals surface area (Å²) in [4.78, 5) is 25.8. The Bertz CT molecular complexity index is 788. The van der Waals surface area contributed by atoms with Gasteiger partial charge in [-0.15, -0.1) is 0 Å². The molecule has 1 fully saturated rings. The lowest BCUT2D eigenvalue weighted by atomic mass is 10.1. The van der Waals surface area contributed by atoms with Crippen molar-refractivity contribution in [2.24, 2.45) is 5.92 Å². The molecule has 118 valence electrons. The summed E-state index contributed by atoms with van der Waals surface area (Å²) < 4.78 is 0. The monoisotopic (exact) mass is 328 g/mol. The van der Waals surface area contributed by atoms with Crippen LogP contribution < -0.4 is 5.32 Å². The van der Waals surface area contributed by atoms with Crippen LogP contribution in [0.4, 0.5) is 5.69 Å². The maximum absolute atomic E-state index is 12.5. The van der Waals surface area contributed by atoms with Gasteiger partial charge in [-0.25, -0.2) is 0 Å². The van der Waals surface area contributed by atoms with E-state index in [9.17, 15) is 9.59 Å². The van der Waals surface area contributed by atoms with Crippen LogP contribution in [-0.4, -0.2) is 29.8 Å². The number of likely N-dealkylation sites (tertiary alicyclic amines) is 1. The molecule has 1 atom stereocenters. The quantitative estimate of drug-likeness (QED) is 0.877. The minimum atomic E-state index is -0.201. The van der Waals surface area contributed by atoms with E-state index in [4.69, 9.17) is 11.6 Å². The molecule has 2 aromatic rings. The van der Waals surface area contributed by atoms with Crippen LogP contribution in [0, 0.1) is 5.92 Å². The number of hydrogen-bond donors (Lipinski definition) is 1. The highest BCUT2D eigenvalue weighted by Gasteiger charge is 2.30. The second-order valence-corrected chi connectivity index (χ2v) is 6.01. The van der Waals surface area contributed by atoms with Crippen LogP contribution in [0.25, 0.3) is 10.8 Å². The van der Waals surface area contributed by atoms with E-state index in [0.29, 0.717) is 24.5 Å². The summed E-state index contributed by atoms with van der Waals surface area (Å²) in [5.74, 6) is -0.401. The Morgan fingerprint density at radius 1 is 1.22 bits per heavy atom. The van der Waals surface area contributed by atoms with Crippen molar-refractivity contribution >= 4 is 39.9 Å². The second kappa shape index (κ2) is 6.42. The number of carbonyl (C=O) groups excluding carboxylic acids is 2. The van der Waals surface area contributed by atoms with Crippen molar-refractivity contribution in [2.75, 3.05) is 18.4 Å².